The van der Waals surface area contributed by atoms with Crippen LogP contribution >= 0.6 is 8.38 Å². The lowest BCUT2D eigenvalue weighted by Crippen LogP contribution is -2.47. The Morgan fingerprint density at radius 2 is 1.81 bits per heavy atom. The largest absolute Gasteiger partial charge is 0.445 e. The van der Waals surface area contributed by atoms with E-state index in [0.717, 1.165) is 5.56 Å². The summed E-state index contributed by atoms with van der Waals surface area (Å²) in [5.41, 5.74) is 0.838. The van der Waals surface area contributed by atoms with Crippen LogP contribution in [-0.4, -0.2) is 33.6 Å². The van der Waals surface area contributed by atoms with E-state index in [9.17, 15) is 9.59 Å². The van der Waals surface area contributed by atoms with E-state index in [1.807, 2.05) is 30.3 Å². The number of hydrogen-bond acceptors (Lipinski definition) is 5. The number of ether oxygens (including phenoxy) is 1. The van der Waals surface area contributed by atoms with Gasteiger partial charge in [-0.3, -0.25) is 4.79 Å². The molecule has 0 aliphatic rings. The number of rotatable bonds is 6. The topological polar surface area (TPSA) is 108 Å². The smallest absolute Gasteiger partial charge is 0.408 e. The van der Waals surface area contributed by atoms with E-state index < -0.39 is 32.2 Å². The van der Waals surface area contributed by atoms with E-state index in [-0.39, 0.29) is 6.61 Å². The summed E-state index contributed by atoms with van der Waals surface area (Å²) in [4.78, 5) is 41.1. The first-order chi connectivity index (χ1) is 9.90. The summed E-state index contributed by atoms with van der Waals surface area (Å²) < 4.78 is 4.98. The molecule has 1 aromatic rings. The van der Waals surface area contributed by atoms with E-state index in [4.69, 9.17) is 14.5 Å². The molecule has 0 radical (unpaired) electrons. The van der Waals surface area contributed by atoms with Gasteiger partial charge in [0.15, 0.2) is 8.38 Å². The van der Waals surface area contributed by atoms with Crippen molar-refractivity contribution in [2.75, 3.05) is 0 Å². The summed E-state index contributed by atoms with van der Waals surface area (Å²) in [7, 11) is -2.25. The molecule has 1 unspecified atom stereocenters. The van der Waals surface area contributed by atoms with Gasteiger partial charge in [-0.25, -0.2) is 4.79 Å². The normalized spacial score (nSPS) is 13.4. The number of alkyl carbamates (subject to hydrolysis) is 1. The first kappa shape index (κ1) is 17.4. The SMILES string of the molecule is CC(NC(=O)[C@H](C)NC(=O)OCc1ccccc1)P(O)O. The van der Waals surface area contributed by atoms with Gasteiger partial charge in [0.1, 0.15) is 12.6 Å². The highest BCUT2D eigenvalue weighted by molar-refractivity contribution is 7.45. The highest BCUT2D eigenvalue weighted by Crippen LogP contribution is 2.27. The summed E-state index contributed by atoms with van der Waals surface area (Å²) in [5, 5.41) is 4.74. The standard InChI is InChI=1S/C13H19N2O5P/c1-9(12(16)15-10(2)21(18)19)14-13(17)20-8-11-6-4-3-5-7-11/h3-7,9-10,18-19H,8H2,1-2H3,(H,14,17)(H,15,16)/t9-,10?/m0/s1. The van der Waals surface area contributed by atoms with Gasteiger partial charge in [0, 0.05) is 0 Å². The maximum Gasteiger partial charge on any atom is 0.408 e. The van der Waals surface area contributed by atoms with E-state index in [1.165, 1.54) is 13.8 Å². The molecule has 0 saturated carbocycles. The summed E-state index contributed by atoms with van der Waals surface area (Å²) in [6.45, 7) is 3.04. The highest BCUT2D eigenvalue weighted by atomic mass is 31.2. The molecule has 0 saturated heterocycles. The number of amides is 2. The summed E-state index contributed by atoms with van der Waals surface area (Å²) in [6.07, 6.45) is -0.718. The maximum absolute atomic E-state index is 11.7. The monoisotopic (exact) mass is 314 g/mol. The molecule has 0 aliphatic carbocycles. The molecule has 2 atom stereocenters. The van der Waals surface area contributed by atoms with Crippen LogP contribution in [0.4, 0.5) is 4.79 Å². The molecule has 7 nitrogen and oxygen atoms in total. The number of hydrogen-bond donors (Lipinski definition) is 4. The van der Waals surface area contributed by atoms with Crippen LogP contribution in [0.15, 0.2) is 30.3 Å². The van der Waals surface area contributed by atoms with Crippen LogP contribution in [0.25, 0.3) is 0 Å². The predicted octanol–water partition coefficient (Wildman–Crippen LogP) is 1.06. The Bertz CT molecular complexity index is 469. The number of carbonyl (C=O) groups excluding carboxylic acids is 2. The van der Waals surface area contributed by atoms with Crippen molar-refractivity contribution in [1.82, 2.24) is 10.6 Å². The predicted molar refractivity (Wildman–Crippen MR) is 78.2 cm³/mol. The first-order valence-electron chi connectivity index (χ1n) is 6.34. The number of nitrogens with one attached hydrogen (secondary N) is 2. The van der Waals surface area contributed by atoms with Crippen LogP contribution in [0.1, 0.15) is 19.4 Å². The fourth-order valence-electron chi connectivity index (χ4n) is 1.40. The number of carbonyl (C=O) groups is 2. The molecule has 0 spiro atoms. The van der Waals surface area contributed by atoms with E-state index in [0.29, 0.717) is 0 Å². The van der Waals surface area contributed by atoms with Crippen molar-refractivity contribution in [3.63, 3.8) is 0 Å². The average Bonchev–Trinajstić information content (AvgIpc) is 2.45. The summed E-state index contributed by atoms with van der Waals surface area (Å²) >= 11 is 0. The van der Waals surface area contributed by atoms with Crippen molar-refractivity contribution < 1.29 is 24.1 Å². The van der Waals surface area contributed by atoms with E-state index in [1.54, 1.807) is 0 Å². The van der Waals surface area contributed by atoms with Crippen LogP contribution in [0.2, 0.25) is 0 Å². The molecule has 0 bridgehead atoms. The zero-order valence-corrected chi connectivity index (χ0v) is 12.7. The van der Waals surface area contributed by atoms with Gasteiger partial charge in [0.05, 0.1) is 5.78 Å². The number of benzene rings is 1. The molecule has 116 valence electrons. The van der Waals surface area contributed by atoms with Crippen molar-refractivity contribution in [1.29, 1.82) is 0 Å². The third-order valence-corrected chi connectivity index (χ3v) is 3.46. The van der Waals surface area contributed by atoms with Gasteiger partial charge >= 0.3 is 6.09 Å². The summed E-state index contributed by atoms with van der Waals surface area (Å²) in [5.74, 6) is -1.29. The third kappa shape index (κ3) is 6.53. The molecule has 0 aromatic heterocycles. The second kappa shape index (κ2) is 8.56. The Hall–Kier alpha value is -1.69. The van der Waals surface area contributed by atoms with Gasteiger partial charge in [-0.05, 0) is 19.4 Å². The zero-order chi connectivity index (χ0) is 15.8. The minimum absolute atomic E-state index is 0.107. The zero-order valence-electron chi connectivity index (χ0n) is 11.8. The molecule has 8 heteroatoms. The fraction of sp³-hybridized carbons (Fsp3) is 0.385. The van der Waals surface area contributed by atoms with E-state index in [2.05, 4.69) is 10.6 Å². The highest BCUT2D eigenvalue weighted by Gasteiger charge is 2.20. The Morgan fingerprint density at radius 1 is 1.19 bits per heavy atom. The Morgan fingerprint density at radius 3 is 2.38 bits per heavy atom. The molecule has 0 fully saturated rings. The molecule has 1 aromatic carbocycles. The Labute approximate surface area is 124 Å². The van der Waals surface area contributed by atoms with Gasteiger partial charge < -0.3 is 25.2 Å². The van der Waals surface area contributed by atoms with Gasteiger partial charge in [-0.1, -0.05) is 30.3 Å². The van der Waals surface area contributed by atoms with Crippen LogP contribution < -0.4 is 10.6 Å². The third-order valence-electron chi connectivity index (χ3n) is 2.64. The minimum Gasteiger partial charge on any atom is -0.445 e. The maximum atomic E-state index is 11.7. The molecule has 1 rings (SSSR count). The van der Waals surface area contributed by atoms with Crippen molar-refractivity contribution >= 4 is 20.4 Å². The van der Waals surface area contributed by atoms with Crippen molar-refractivity contribution in [3.8, 4) is 0 Å². The van der Waals surface area contributed by atoms with E-state index >= 15 is 0 Å². The Kier molecular flexibility index (Phi) is 7.08. The van der Waals surface area contributed by atoms with Crippen molar-refractivity contribution in [2.45, 2.75) is 32.3 Å². The quantitative estimate of drug-likeness (QED) is 0.587. The molecule has 21 heavy (non-hydrogen) atoms. The fourth-order valence-corrected chi connectivity index (χ4v) is 1.64. The molecule has 4 N–H and O–H groups in total. The molecule has 0 aliphatic heterocycles. The molecule has 0 heterocycles. The lowest BCUT2D eigenvalue weighted by molar-refractivity contribution is -0.122. The molecule has 2 amide bonds. The lowest BCUT2D eigenvalue weighted by Gasteiger charge is -2.18. The van der Waals surface area contributed by atoms with Crippen LogP contribution in [0.3, 0.4) is 0 Å². The minimum atomic E-state index is -2.25. The van der Waals surface area contributed by atoms with Gasteiger partial charge in [0.25, 0.3) is 0 Å². The van der Waals surface area contributed by atoms with Crippen LogP contribution in [-0.2, 0) is 16.1 Å². The van der Waals surface area contributed by atoms with Gasteiger partial charge in [-0.15, -0.1) is 0 Å². The van der Waals surface area contributed by atoms with Crippen molar-refractivity contribution in [3.05, 3.63) is 35.9 Å². The molecular weight excluding hydrogens is 295 g/mol. The van der Waals surface area contributed by atoms with Crippen LogP contribution in [0.5, 0.6) is 0 Å². The second-order valence-corrected chi connectivity index (χ2v) is 5.85. The van der Waals surface area contributed by atoms with Gasteiger partial charge in [-0.2, -0.15) is 0 Å². The first-order valence-corrected chi connectivity index (χ1v) is 7.66. The lowest BCUT2D eigenvalue weighted by atomic mass is 10.2. The molecular formula is C13H19N2O5P. The average molecular weight is 314 g/mol. The Balaban J connectivity index is 2.35. The van der Waals surface area contributed by atoms with Crippen LogP contribution in [0, 0.1) is 0 Å². The van der Waals surface area contributed by atoms with Gasteiger partial charge in [0.2, 0.25) is 5.91 Å². The van der Waals surface area contributed by atoms with Crippen molar-refractivity contribution in [2.24, 2.45) is 0 Å². The second-order valence-electron chi connectivity index (χ2n) is 4.43. The summed E-state index contributed by atoms with van der Waals surface area (Å²) in [6, 6.07) is 8.30.